The van der Waals surface area contributed by atoms with Crippen LogP contribution in [0.2, 0.25) is 0 Å². The lowest BCUT2D eigenvalue weighted by atomic mass is 10.0. The first-order valence-corrected chi connectivity index (χ1v) is 14.3. The zero-order valence-corrected chi connectivity index (χ0v) is 22.7. The zero-order valence-electron chi connectivity index (χ0n) is 21.9. The largest absolute Gasteiger partial charge is 0.247 e. The van der Waals surface area contributed by atoms with Crippen LogP contribution in [0, 0.1) is 0 Å². The van der Waals surface area contributed by atoms with Crippen molar-refractivity contribution >= 4 is 42.4 Å². The fourth-order valence-electron chi connectivity index (χ4n) is 5.34. The van der Waals surface area contributed by atoms with Crippen molar-refractivity contribution in [2.24, 2.45) is 0 Å². The van der Waals surface area contributed by atoms with Crippen molar-refractivity contribution in [3.05, 3.63) is 133 Å². The molecule has 41 heavy (non-hydrogen) atoms. The molecule has 0 N–H and O–H groups in total. The Bertz CT molecular complexity index is 2130. The van der Waals surface area contributed by atoms with Crippen LogP contribution >= 0.6 is 11.3 Å². The molecule has 0 fully saturated rings. The Kier molecular flexibility index (Phi) is 5.61. The number of rotatable bonds is 4. The van der Waals surface area contributed by atoms with Crippen LogP contribution in [0.25, 0.3) is 76.5 Å². The summed E-state index contributed by atoms with van der Waals surface area (Å²) >= 11 is 1.82. The van der Waals surface area contributed by atoms with E-state index in [1.807, 2.05) is 78.1 Å². The van der Waals surface area contributed by atoms with Gasteiger partial charge in [-0.2, -0.15) is 0 Å². The summed E-state index contributed by atoms with van der Waals surface area (Å²) in [5, 5.41) is 3.57. The van der Waals surface area contributed by atoms with Crippen LogP contribution < -0.4 is 0 Å². The summed E-state index contributed by atoms with van der Waals surface area (Å²) in [5.74, 6) is 1.92. The molecule has 8 rings (SSSR count). The summed E-state index contributed by atoms with van der Waals surface area (Å²) in [6.45, 7) is 0. The second kappa shape index (κ2) is 9.73. The van der Waals surface area contributed by atoms with E-state index in [-0.39, 0.29) is 0 Å². The molecule has 0 saturated heterocycles. The van der Waals surface area contributed by atoms with E-state index in [1.165, 1.54) is 20.2 Å². The molecule has 0 radical (unpaired) electrons. The van der Waals surface area contributed by atoms with Crippen LogP contribution in [0.15, 0.2) is 133 Å². The molecule has 0 bridgehead atoms. The Balaban J connectivity index is 1.38. The summed E-state index contributed by atoms with van der Waals surface area (Å²) < 4.78 is 2.50. The van der Waals surface area contributed by atoms with Gasteiger partial charge in [-0.05, 0) is 12.1 Å². The number of thiophene rings is 1. The number of aromatic nitrogens is 4. The first kappa shape index (κ1) is 23.6. The summed E-state index contributed by atoms with van der Waals surface area (Å²) in [5.41, 5.74) is 5.82. The van der Waals surface area contributed by atoms with E-state index in [4.69, 9.17) is 19.9 Å². The maximum Gasteiger partial charge on any atom is 0.164 e. The molecule has 0 atom stereocenters. The minimum Gasteiger partial charge on any atom is -0.247 e. The van der Waals surface area contributed by atoms with Crippen molar-refractivity contribution in [3.63, 3.8) is 0 Å². The lowest BCUT2D eigenvalue weighted by Gasteiger charge is -2.10. The molecule has 5 heteroatoms. The number of hydrogen-bond acceptors (Lipinski definition) is 5. The lowest BCUT2D eigenvalue weighted by molar-refractivity contribution is 1.07. The molecular weight excluding hydrogens is 520 g/mol. The minimum atomic E-state index is 0.624. The smallest absolute Gasteiger partial charge is 0.164 e. The number of fused-ring (bicyclic) bond motifs is 5. The number of pyridine rings is 1. The summed E-state index contributed by atoms with van der Waals surface area (Å²) in [4.78, 5) is 20.0. The normalized spacial score (nSPS) is 11.4. The number of hydrogen-bond donors (Lipinski definition) is 0. The average Bonchev–Trinajstić information content (AvgIpc) is 3.45. The molecule has 0 unspecified atom stereocenters. The zero-order chi connectivity index (χ0) is 27.2. The minimum absolute atomic E-state index is 0.624. The van der Waals surface area contributed by atoms with Gasteiger partial charge in [0.25, 0.3) is 0 Å². The van der Waals surface area contributed by atoms with Gasteiger partial charge in [-0.25, -0.2) is 19.9 Å². The van der Waals surface area contributed by atoms with Crippen molar-refractivity contribution in [1.29, 1.82) is 0 Å². The molecule has 3 heterocycles. The highest BCUT2D eigenvalue weighted by Crippen LogP contribution is 2.43. The third-order valence-electron chi connectivity index (χ3n) is 7.31. The standard InChI is InChI=1S/C36H22N4S/c1-4-12-23(13-5-1)32-31-28-18-10-11-19-30(28)41-33(31)27-21-20-26(22-29(27)37-32)36-39-34(24-14-6-2-7-15-24)38-35(40-36)25-16-8-3-9-17-25/h1-22H. The molecule has 8 aromatic rings. The maximum absolute atomic E-state index is 5.28. The van der Waals surface area contributed by atoms with Crippen LogP contribution in [0.4, 0.5) is 0 Å². The van der Waals surface area contributed by atoms with Gasteiger partial charge in [0, 0.05) is 47.8 Å². The van der Waals surface area contributed by atoms with E-state index < -0.39 is 0 Å². The Hall–Kier alpha value is -5.26. The summed E-state index contributed by atoms with van der Waals surface area (Å²) in [6.07, 6.45) is 0. The molecule has 0 aliphatic carbocycles. The highest BCUT2D eigenvalue weighted by Gasteiger charge is 2.18. The molecule has 0 saturated carbocycles. The third-order valence-corrected chi connectivity index (χ3v) is 8.52. The van der Waals surface area contributed by atoms with Gasteiger partial charge in [0.1, 0.15) is 0 Å². The average molecular weight is 543 g/mol. The first-order valence-electron chi connectivity index (χ1n) is 13.5. The predicted molar refractivity (Wildman–Crippen MR) is 170 cm³/mol. The van der Waals surface area contributed by atoms with Gasteiger partial charge in [-0.15, -0.1) is 11.3 Å². The number of nitrogens with zero attached hydrogens (tertiary/aromatic N) is 4. The Labute approximate surface area is 240 Å². The van der Waals surface area contributed by atoms with Crippen LogP contribution in [-0.4, -0.2) is 19.9 Å². The predicted octanol–water partition coefficient (Wildman–Crippen LogP) is 9.46. The van der Waals surface area contributed by atoms with Gasteiger partial charge in [0.2, 0.25) is 0 Å². The molecule has 3 aromatic heterocycles. The van der Waals surface area contributed by atoms with E-state index in [2.05, 4.69) is 66.7 Å². The molecule has 4 nitrogen and oxygen atoms in total. The van der Waals surface area contributed by atoms with E-state index in [0.717, 1.165) is 38.9 Å². The van der Waals surface area contributed by atoms with Gasteiger partial charge in [-0.1, -0.05) is 121 Å². The van der Waals surface area contributed by atoms with Crippen molar-refractivity contribution in [3.8, 4) is 45.4 Å². The molecule has 0 amide bonds. The Morgan fingerprint density at radius 3 is 1.59 bits per heavy atom. The Morgan fingerprint density at radius 1 is 0.415 bits per heavy atom. The van der Waals surface area contributed by atoms with E-state index >= 15 is 0 Å². The fraction of sp³-hybridized carbons (Fsp3) is 0. The molecule has 0 spiro atoms. The summed E-state index contributed by atoms with van der Waals surface area (Å²) in [7, 11) is 0. The van der Waals surface area contributed by atoms with Gasteiger partial charge in [0.15, 0.2) is 17.5 Å². The molecule has 5 aromatic carbocycles. The molecule has 0 aliphatic heterocycles. The van der Waals surface area contributed by atoms with Crippen molar-refractivity contribution in [2.45, 2.75) is 0 Å². The third kappa shape index (κ3) is 4.15. The Morgan fingerprint density at radius 2 is 0.951 bits per heavy atom. The quantitative estimate of drug-likeness (QED) is 0.222. The highest BCUT2D eigenvalue weighted by molar-refractivity contribution is 7.26. The first-order chi connectivity index (χ1) is 20.3. The van der Waals surface area contributed by atoms with Crippen molar-refractivity contribution in [2.75, 3.05) is 0 Å². The van der Waals surface area contributed by atoms with Gasteiger partial charge < -0.3 is 0 Å². The monoisotopic (exact) mass is 542 g/mol. The van der Waals surface area contributed by atoms with Crippen molar-refractivity contribution < 1.29 is 0 Å². The van der Waals surface area contributed by atoms with Gasteiger partial charge in [-0.3, -0.25) is 0 Å². The lowest BCUT2D eigenvalue weighted by Crippen LogP contribution is -2.00. The number of benzene rings is 5. The second-order valence-corrected chi connectivity index (χ2v) is 11.0. The highest BCUT2D eigenvalue weighted by atomic mass is 32.1. The van der Waals surface area contributed by atoms with Gasteiger partial charge >= 0.3 is 0 Å². The fourth-order valence-corrected chi connectivity index (χ4v) is 6.58. The van der Waals surface area contributed by atoms with E-state index in [0.29, 0.717) is 17.5 Å². The topological polar surface area (TPSA) is 51.6 Å². The van der Waals surface area contributed by atoms with E-state index in [9.17, 15) is 0 Å². The molecule has 0 aliphatic rings. The van der Waals surface area contributed by atoms with Crippen LogP contribution in [0.1, 0.15) is 0 Å². The van der Waals surface area contributed by atoms with Crippen LogP contribution in [0.5, 0.6) is 0 Å². The van der Waals surface area contributed by atoms with Gasteiger partial charge in [0.05, 0.1) is 11.2 Å². The second-order valence-electron chi connectivity index (χ2n) is 9.90. The molecule has 192 valence electrons. The van der Waals surface area contributed by atoms with E-state index in [1.54, 1.807) is 0 Å². The SMILES string of the molecule is c1ccc(-c2nc(-c3ccccc3)nc(-c3ccc4c(c3)nc(-c3ccccc3)c3c5ccccc5sc43)n2)cc1. The van der Waals surface area contributed by atoms with Crippen LogP contribution in [-0.2, 0) is 0 Å². The van der Waals surface area contributed by atoms with Crippen LogP contribution in [0.3, 0.4) is 0 Å². The summed E-state index contributed by atoms with van der Waals surface area (Å²) in [6, 6.07) is 45.5. The van der Waals surface area contributed by atoms with Crippen molar-refractivity contribution in [1.82, 2.24) is 19.9 Å². The molecular formula is C36H22N4S. The maximum atomic E-state index is 5.28.